The maximum Gasteiger partial charge on any atom is 0.313 e. The van der Waals surface area contributed by atoms with Crippen LogP contribution < -0.4 is 10.1 Å². The van der Waals surface area contributed by atoms with Crippen LogP contribution in [0.2, 0.25) is 5.02 Å². The maximum atomic E-state index is 11.6. The van der Waals surface area contributed by atoms with Crippen molar-refractivity contribution in [3.8, 4) is 5.75 Å². The van der Waals surface area contributed by atoms with E-state index in [1.807, 2.05) is 13.8 Å². The SMILES string of the molecule is Cc1cc(OCC(=O)NCCSCC(=O)O)cc(C)c1Cl. The number of hydrogen-bond acceptors (Lipinski definition) is 4. The fourth-order valence-corrected chi connectivity index (χ4v) is 2.29. The molecule has 0 aliphatic rings. The minimum absolute atomic E-state index is 0.0374. The van der Waals surface area contributed by atoms with E-state index in [1.165, 1.54) is 11.8 Å². The van der Waals surface area contributed by atoms with Gasteiger partial charge in [0.2, 0.25) is 0 Å². The summed E-state index contributed by atoms with van der Waals surface area (Å²) >= 11 is 7.31. The minimum Gasteiger partial charge on any atom is -0.484 e. The molecule has 1 aromatic rings. The van der Waals surface area contributed by atoms with Gasteiger partial charge in [0.15, 0.2) is 6.61 Å². The van der Waals surface area contributed by atoms with Crippen LogP contribution in [-0.2, 0) is 9.59 Å². The molecule has 0 saturated heterocycles. The van der Waals surface area contributed by atoms with Gasteiger partial charge >= 0.3 is 5.97 Å². The third-order valence-corrected chi connectivity index (χ3v) is 4.11. The molecular weight excluding hydrogens is 314 g/mol. The lowest BCUT2D eigenvalue weighted by molar-refractivity contribution is -0.133. The molecule has 0 bridgehead atoms. The third-order valence-electron chi connectivity index (χ3n) is 2.57. The Balaban J connectivity index is 2.28. The largest absolute Gasteiger partial charge is 0.484 e. The van der Waals surface area contributed by atoms with E-state index in [-0.39, 0.29) is 18.3 Å². The number of carbonyl (C=O) groups is 2. The second-order valence-electron chi connectivity index (χ2n) is 4.46. The third kappa shape index (κ3) is 6.73. The van der Waals surface area contributed by atoms with E-state index in [0.29, 0.717) is 23.1 Å². The fourth-order valence-electron chi connectivity index (χ4n) is 1.61. The lowest BCUT2D eigenvalue weighted by Crippen LogP contribution is -2.30. The Kier molecular flexibility index (Phi) is 7.39. The van der Waals surface area contributed by atoms with Gasteiger partial charge in [-0.2, -0.15) is 0 Å². The lowest BCUT2D eigenvalue weighted by Gasteiger charge is -2.10. The molecule has 21 heavy (non-hydrogen) atoms. The zero-order chi connectivity index (χ0) is 15.8. The number of benzene rings is 1. The van der Waals surface area contributed by atoms with Crippen LogP contribution >= 0.6 is 23.4 Å². The number of halogens is 1. The van der Waals surface area contributed by atoms with Gasteiger partial charge in [-0.05, 0) is 37.1 Å². The number of amides is 1. The van der Waals surface area contributed by atoms with E-state index in [9.17, 15) is 9.59 Å². The molecule has 116 valence electrons. The highest BCUT2D eigenvalue weighted by Gasteiger charge is 2.06. The molecule has 0 fully saturated rings. The normalized spacial score (nSPS) is 10.2. The van der Waals surface area contributed by atoms with E-state index < -0.39 is 5.97 Å². The van der Waals surface area contributed by atoms with Crippen LogP contribution in [0.25, 0.3) is 0 Å². The van der Waals surface area contributed by atoms with Gasteiger partial charge < -0.3 is 15.2 Å². The summed E-state index contributed by atoms with van der Waals surface area (Å²) < 4.78 is 5.41. The summed E-state index contributed by atoms with van der Waals surface area (Å²) in [4.78, 5) is 21.9. The summed E-state index contributed by atoms with van der Waals surface area (Å²) in [5, 5.41) is 11.8. The Hall–Kier alpha value is -1.40. The molecule has 0 unspecified atom stereocenters. The zero-order valence-corrected chi connectivity index (χ0v) is 13.5. The first-order valence-electron chi connectivity index (χ1n) is 6.36. The molecule has 2 N–H and O–H groups in total. The van der Waals surface area contributed by atoms with Crippen LogP contribution in [0.15, 0.2) is 12.1 Å². The van der Waals surface area contributed by atoms with Crippen LogP contribution in [0.4, 0.5) is 0 Å². The first-order valence-corrected chi connectivity index (χ1v) is 7.89. The van der Waals surface area contributed by atoms with Gasteiger partial charge in [0.05, 0.1) is 5.75 Å². The average Bonchev–Trinajstić information content (AvgIpc) is 2.41. The van der Waals surface area contributed by atoms with Crippen molar-refractivity contribution in [1.29, 1.82) is 0 Å². The van der Waals surface area contributed by atoms with Gasteiger partial charge in [0, 0.05) is 17.3 Å². The van der Waals surface area contributed by atoms with Crippen LogP contribution in [-0.4, -0.2) is 41.6 Å². The van der Waals surface area contributed by atoms with Gasteiger partial charge in [-0.1, -0.05) is 11.6 Å². The quantitative estimate of drug-likeness (QED) is 0.715. The Labute approximate surface area is 133 Å². The topological polar surface area (TPSA) is 75.6 Å². The minimum atomic E-state index is -0.858. The highest BCUT2D eigenvalue weighted by molar-refractivity contribution is 7.99. The van der Waals surface area contributed by atoms with E-state index in [0.717, 1.165) is 11.1 Å². The van der Waals surface area contributed by atoms with E-state index in [2.05, 4.69) is 5.32 Å². The maximum absolute atomic E-state index is 11.6. The molecule has 0 radical (unpaired) electrons. The van der Waals surface area contributed by atoms with E-state index in [4.69, 9.17) is 21.4 Å². The van der Waals surface area contributed by atoms with Gasteiger partial charge in [-0.25, -0.2) is 0 Å². The molecule has 0 heterocycles. The molecule has 5 nitrogen and oxygen atoms in total. The molecule has 0 aliphatic carbocycles. The number of rotatable bonds is 8. The van der Waals surface area contributed by atoms with E-state index in [1.54, 1.807) is 12.1 Å². The van der Waals surface area contributed by atoms with Gasteiger partial charge in [0.25, 0.3) is 5.91 Å². The van der Waals surface area contributed by atoms with Crippen molar-refractivity contribution in [3.63, 3.8) is 0 Å². The standard InChI is InChI=1S/C14H18ClNO4S/c1-9-5-11(6-10(2)14(9)15)20-7-12(17)16-3-4-21-8-13(18)19/h5-6H,3-4,7-8H2,1-2H3,(H,16,17)(H,18,19). The molecule has 1 aromatic carbocycles. The van der Waals surface area contributed by atoms with Crippen molar-refractivity contribution < 1.29 is 19.4 Å². The van der Waals surface area contributed by atoms with E-state index >= 15 is 0 Å². The van der Waals surface area contributed by atoms with Gasteiger partial charge in [-0.3, -0.25) is 9.59 Å². The highest BCUT2D eigenvalue weighted by atomic mass is 35.5. The summed E-state index contributed by atoms with van der Waals surface area (Å²) in [7, 11) is 0. The zero-order valence-electron chi connectivity index (χ0n) is 11.9. The van der Waals surface area contributed by atoms with Gasteiger partial charge in [-0.15, -0.1) is 11.8 Å². The van der Waals surface area contributed by atoms with Crippen LogP contribution in [0.5, 0.6) is 5.75 Å². The Morgan fingerprint density at radius 1 is 1.33 bits per heavy atom. The van der Waals surface area contributed by atoms with Crippen molar-refractivity contribution in [3.05, 3.63) is 28.3 Å². The Morgan fingerprint density at radius 2 is 1.95 bits per heavy atom. The molecule has 1 rings (SSSR count). The molecule has 0 aromatic heterocycles. The first-order chi connectivity index (χ1) is 9.90. The van der Waals surface area contributed by atoms with Crippen LogP contribution in [0.1, 0.15) is 11.1 Å². The summed E-state index contributed by atoms with van der Waals surface area (Å²) in [5.74, 6) is 0.0940. The molecule has 0 saturated carbocycles. The molecule has 1 amide bonds. The Morgan fingerprint density at radius 3 is 2.52 bits per heavy atom. The summed E-state index contributed by atoms with van der Waals surface area (Å²) in [5.41, 5.74) is 1.80. The Bertz CT molecular complexity index is 499. The molecular formula is C14H18ClNO4S. The summed E-state index contributed by atoms with van der Waals surface area (Å²) in [6.07, 6.45) is 0. The smallest absolute Gasteiger partial charge is 0.313 e. The predicted octanol–water partition coefficient (Wildman–Crippen LogP) is 2.27. The second kappa shape index (κ2) is 8.79. The predicted molar refractivity (Wildman–Crippen MR) is 84.4 cm³/mol. The molecule has 7 heteroatoms. The summed E-state index contributed by atoms with van der Waals surface area (Å²) in [6, 6.07) is 3.57. The first kappa shape index (κ1) is 17.7. The molecule has 0 spiro atoms. The fraction of sp³-hybridized carbons (Fsp3) is 0.429. The van der Waals surface area contributed by atoms with Gasteiger partial charge in [0.1, 0.15) is 5.75 Å². The summed E-state index contributed by atoms with van der Waals surface area (Å²) in [6.45, 7) is 4.09. The van der Waals surface area contributed by atoms with Crippen molar-refractivity contribution >= 4 is 35.2 Å². The number of carboxylic acids is 1. The van der Waals surface area contributed by atoms with Crippen molar-refractivity contribution in [2.75, 3.05) is 24.7 Å². The number of nitrogens with one attached hydrogen (secondary N) is 1. The average molecular weight is 332 g/mol. The van der Waals surface area contributed by atoms with Crippen LogP contribution in [0.3, 0.4) is 0 Å². The number of hydrogen-bond donors (Lipinski definition) is 2. The number of thioether (sulfide) groups is 1. The number of ether oxygens (including phenoxy) is 1. The molecule has 0 aliphatic heterocycles. The lowest BCUT2D eigenvalue weighted by atomic mass is 10.1. The van der Waals surface area contributed by atoms with Crippen molar-refractivity contribution in [1.82, 2.24) is 5.32 Å². The van der Waals surface area contributed by atoms with Crippen molar-refractivity contribution in [2.45, 2.75) is 13.8 Å². The van der Waals surface area contributed by atoms with Crippen molar-refractivity contribution in [2.24, 2.45) is 0 Å². The number of aryl methyl sites for hydroxylation is 2. The second-order valence-corrected chi connectivity index (χ2v) is 5.94. The number of carboxylic acid groups (broad SMARTS) is 1. The molecule has 0 atom stereocenters. The van der Waals surface area contributed by atoms with Crippen LogP contribution in [0, 0.1) is 13.8 Å². The monoisotopic (exact) mass is 331 g/mol. The number of carbonyl (C=O) groups excluding carboxylic acids is 1. The highest BCUT2D eigenvalue weighted by Crippen LogP contribution is 2.25. The number of aliphatic carboxylic acids is 1.